The van der Waals surface area contributed by atoms with Crippen molar-refractivity contribution in [3.8, 4) is 6.07 Å². The van der Waals surface area contributed by atoms with Gasteiger partial charge in [-0.25, -0.2) is 0 Å². The highest BCUT2D eigenvalue weighted by Gasteiger charge is 2.32. The highest BCUT2D eigenvalue weighted by molar-refractivity contribution is 6.31. The Morgan fingerprint density at radius 3 is 2.61 bits per heavy atom. The van der Waals surface area contributed by atoms with Crippen molar-refractivity contribution in [2.45, 2.75) is 59.0 Å². The maximum atomic E-state index is 13.1. The molecule has 4 N–H and O–H groups in total. The Bertz CT molecular complexity index is 1110. The van der Waals surface area contributed by atoms with E-state index in [1.807, 2.05) is 33.8 Å². The van der Waals surface area contributed by atoms with E-state index in [1.165, 1.54) is 0 Å². The molecule has 1 fully saturated rings. The van der Waals surface area contributed by atoms with Crippen molar-refractivity contribution < 1.29 is 14.4 Å². The number of H-pyrrole nitrogens is 1. The summed E-state index contributed by atoms with van der Waals surface area (Å²) < 4.78 is 0. The molecule has 9 heteroatoms. The molecular weight excluding hydrogens is 442 g/mol. The van der Waals surface area contributed by atoms with Crippen LogP contribution in [0, 0.1) is 29.6 Å². The fourth-order valence-electron chi connectivity index (χ4n) is 4.13. The van der Waals surface area contributed by atoms with Crippen LogP contribution >= 0.6 is 11.6 Å². The van der Waals surface area contributed by atoms with E-state index in [0.717, 1.165) is 16.5 Å². The number of aromatic amines is 1. The molecule has 2 aromatic rings. The third-order valence-corrected chi connectivity index (χ3v) is 5.97. The zero-order valence-electron chi connectivity index (χ0n) is 19.3. The highest BCUT2D eigenvalue weighted by atomic mass is 35.5. The first-order chi connectivity index (χ1) is 15.5. The van der Waals surface area contributed by atoms with E-state index in [2.05, 4.69) is 27.0 Å². The summed E-state index contributed by atoms with van der Waals surface area (Å²) in [6.45, 7) is 8.40. The number of nitriles is 1. The van der Waals surface area contributed by atoms with E-state index < -0.39 is 23.9 Å². The van der Waals surface area contributed by atoms with Gasteiger partial charge in [0.05, 0.1) is 6.07 Å². The molecular formula is C24H30ClN5O3. The first-order valence-corrected chi connectivity index (χ1v) is 11.4. The number of fused-ring (bicyclic) bond motifs is 1. The molecule has 1 aromatic heterocycles. The van der Waals surface area contributed by atoms with Crippen molar-refractivity contribution in [2.75, 3.05) is 6.54 Å². The second-order valence-electron chi connectivity index (χ2n) is 9.86. The number of hydrogen-bond donors (Lipinski definition) is 4. The van der Waals surface area contributed by atoms with E-state index in [1.54, 1.807) is 12.1 Å². The first kappa shape index (κ1) is 24.6. The van der Waals surface area contributed by atoms with E-state index in [-0.39, 0.29) is 23.7 Å². The van der Waals surface area contributed by atoms with Gasteiger partial charge in [-0.2, -0.15) is 5.26 Å². The first-order valence-electron chi connectivity index (χ1n) is 11.0. The molecule has 1 aliphatic rings. The van der Waals surface area contributed by atoms with Gasteiger partial charge in [0.25, 0.3) is 5.91 Å². The van der Waals surface area contributed by atoms with Gasteiger partial charge in [0.15, 0.2) is 0 Å². The number of nitrogens with zero attached hydrogens (tertiary/aromatic N) is 1. The summed E-state index contributed by atoms with van der Waals surface area (Å²) in [6, 6.07) is 5.71. The van der Waals surface area contributed by atoms with Crippen molar-refractivity contribution in [3.05, 3.63) is 34.5 Å². The van der Waals surface area contributed by atoms with Crippen molar-refractivity contribution in [3.63, 3.8) is 0 Å². The number of halogens is 1. The fraction of sp³-hybridized carbons (Fsp3) is 0.500. The molecule has 0 aliphatic carbocycles. The van der Waals surface area contributed by atoms with Crippen LogP contribution in [-0.2, 0) is 9.59 Å². The van der Waals surface area contributed by atoms with Gasteiger partial charge in [-0.1, -0.05) is 32.4 Å². The maximum Gasteiger partial charge on any atom is 0.268 e. The number of benzene rings is 1. The Kier molecular flexibility index (Phi) is 7.33. The molecule has 1 aliphatic heterocycles. The molecule has 1 saturated heterocycles. The number of nitrogens with one attached hydrogen (secondary N) is 4. The monoisotopic (exact) mass is 471 g/mol. The molecule has 0 saturated carbocycles. The molecule has 8 nitrogen and oxygen atoms in total. The van der Waals surface area contributed by atoms with Crippen molar-refractivity contribution >= 4 is 40.2 Å². The molecule has 2 heterocycles. The third kappa shape index (κ3) is 6.26. The summed E-state index contributed by atoms with van der Waals surface area (Å²) in [5.74, 6) is -1.27. The largest absolute Gasteiger partial charge is 0.356 e. The molecule has 3 atom stereocenters. The van der Waals surface area contributed by atoms with Crippen molar-refractivity contribution in [1.82, 2.24) is 20.9 Å². The zero-order valence-corrected chi connectivity index (χ0v) is 20.1. The van der Waals surface area contributed by atoms with Gasteiger partial charge in [0.2, 0.25) is 11.8 Å². The molecule has 33 heavy (non-hydrogen) atoms. The lowest BCUT2D eigenvalue weighted by atomic mass is 9.87. The van der Waals surface area contributed by atoms with Crippen molar-refractivity contribution in [2.24, 2.45) is 11.3 Å². The molecule has 0 unspecified atom stereocenters. The van der Waals surface area contributed by atoms with Crippen LogP contribution in [0.5, 0.6) is 0 Å². The Labute approximate surface area is 198 Å². The molecule has 0 spiro atoms. The van der Waals surface area contributed by atoms with E-state index in [9.17, 15) is 19.6 Å². The summed E-state index contributed by atoms with van der Waals surface area (Å²) in [4.78, 5) is 41.0. The second kappa shape index (κ2) is 9.84. The van der Waals surface area contributed by atoms with Gasteiger partial charge in [0, 0.05) is 28.4 Å². The standard InChI is InChI=1S/C24H30ClN5O3/c1-13-7-15(25)9-18-17(13)10-19(29-18)22(32)30-20(11-24(2,3)4)23(33)28-16(12-26)8-14-5-6-27-21(14)31/h7,9-10,14,16,20,29H,5-6,8,11H2,1-4H3,(H,27,31)(H,28,33)(H,30,32)/t14-,16-,20-/m0/s1. The summed E-state index contributed by atoms with van der Waals surface area (Å²) in [7, 11) is 0. The minimum atomic E-state index is -0.846. The number of aryl methyl sites for hydroxylation is 1. The Morgan fingerprint density at radius 1 is 1.27 bits per heavy atom. The molecule has 0 radical (unpaired) electrons. The van der Waals surface area contributed by atoms with E-state index >= 15 is 0 Å². The van der Waals surface area contributed by atoms with Crippen LogP contribution < -0.4 is 16.0 Å². The molecule has 3 rings (SSSR count). The number of amides is 3. The van der Waals surface area contributed by atoms with Crippen LogP contribution in [0.25, 0.3) is 10.9 Å². The molecule has 0 bridgehead atoms. The average Bonchev–Trinajstić information content (AvgIpc) is 3.32. The fourth-order valence-corrected chi connectivity index (χ4v) is 4.40. The Balaban J connectivity index is 1.75. The third-order valence-electron chi connectivity index (χ3n) is 5.75. The lowest BCUT2D eigenvalue weighted by Crippen LogP contribution is -2.51. The summed E-state index contributed by atoms with van der Waals surface area (Å²) in [5, 5.41) is 19.2. The number of carbonyl (C=O) groups is 3. The van der Waals surface area contributed by atoms with Gasteiger partial charge in [-0.05, 0) is 55.4 Å². The molecule has 1 aromatic carbocycles. The lowest BCUT2D eigenvalue weighted by molar-refractivity contribution is -0.125. The summed E-state index contributed by atoms with van der Waals surface area (Å²) in [6.07, 6.45) is 1.25. The predicted octanol–water partition coefficient (Wildman–Crippen LogP) is 3.20. The van der Waals surface area contributed by atoms with Crippen molar-refractivity contribution in [1.29, 1.82) is 5.26 Å². The van der Waals surface area contributed by atoms with E-state index in [4.69, 9.17) is 11.6 Å². The average molecular weight is 472 g/mol. The number of rotatable bonds is 7. The topological polar surface area (TPSA) is 127 Å². The van der Waals surface area contributed by atoms with Gasteiger partial charge < -0.3 is 20.9 Å². The van der Waals surface area contributed by atoms with Gasteiger partial charge in [-0.3, -0.25) is 14.4 Å². The van der Waals surface area contributed by atoms with Crippen LogP contribution in [0.3, 0.4) is 0 Å². The van der Waals surface area contributed by atoms with E-state index in [0.29, 0.717) is 30.1 Å². The summed E-state index contributed by atoms with van der Waals surface area (Å²) in [5.41, 5.74) is 1.74. The minimum Gasteiger partial charge on any atom is -0.356 e. The Morgan fingerprint density at radius 2 is 2.00 bits per heavy atom. The van der Waals surface area contributed by atoms with Crippen LogP contribution in [0.4, 0.5) is 0 Å². The maximum absolute atomic E-state index is 13.1. The lowest BCUT2D eigenvalue weighted by Gasteiger charge is -2.27. The number of hydrogen-bond acceptors (Lipinski definition) is 4. The molecule has 176 valence electrons. The van der Waals surface area contributed by atoms with Crippen LogP contribution in [-0.4, -0.2) is 41.3 Å². The highest BCUT2D eigenvalue weighted by Crippen LogP contribution is 2.25. The minimum absolute atomic E-state index is 0.0988. The smallest absolute Gasteiger partial charge is 0.268 e. The van der Waals surface area contributed by atoms with Gasteiger partial charge in [0.1, 0.15) is 17.8 Å². The van der Waals surface area contributed by atoms with Gasteiger partial charge in [-0.15, -0.1) is 0 Å². The second-order valence-corrected chi connectivity index (χ2v) is 10.3. The molecule has 3 amide bonds. The van der Waals surface area contributed by atoms with Crippen LogP contribution in [0.15, 0.2) is 18.2 Å². The number of aromatic nitrogens is 1. The van der Waals surface area contributed by atoms with Crippen LogP contribution in [0.2, 0.25) is 5.02 Å². The number of carbonyl (C=O) groups excluding carboxylic acids is 3. The predicted molar refractivity (Wildman–Crippen MR) is 127 cm³/mol. The normalized spacial score (nSPS) is 17.8. The van der Waals surface area contributed by atoms with Crippen LogP contribution in [0.1, 0.15) is 56.1 Å². The summed E-state index contributed by atoms with van der Waals surface area (Å²) >= 11 is 6.12. The SMILES string of the molecule is Cc1cc(Cl)cc2[nH]c(C(=O)N[C@@H](CC(C)(C)C)C(=O)N[C@H](C#N)C[C@@H]3CCNC3=O)cc12. The van der Waals surface area contributed by atoms with Gasteiger partial charge >= 0.3 is 0 Å². The zero-order chi connectivity index (χ0) is 24.3. The quantitative estimate of drug-likeness (QED) is 0.494. The Hall–Kier alpha value is -3.05.